The van der Waals surface area contributed by atoms with E-state index in [1.807, 2.05) is 19.2 Å². The van der Waals surface area contributed by atoms with Gasteiger partial charge >= 0.3 is 0 Å². The third-order valence-corrected chi connectivity index (χ3v) is 8.33. The third kappa shape index (κ3) is 7.35. The molecule has 1 aromatic rings. The van der Waals surface area contributed by atoms with Crippen LogP contribution in [-0.4, -0.2) is 67.4 Å². The van der Waals surface area contributed by atoms with Crippen LogP contribution in [0, 0.1) is 0 Å². The number of amides is 1. The largest absolute Gasteiger partial charge is 0.381 e. The molecule has 0 atom stereocenters. The van der Waals surface area contributed by atoms with Gasteiger partial charge in [-0.1, -0.05) is 38.2 Å². The fourth-order valence-corrected chi connectivity index (χ4v) is 6.16. The SMILES string of the molecule is CCc1c(/C=C(/C)CC(=O)NCCN(C)C2CCCCCC2)[nH]c(=O)c2c1N(C1CCOCC1)N=CCC2. The summed E-state index contributed by atoms with van der Waals surface area (Å²) >= 11 is 0. The molecule has 8 heteroatoms. The zero-order chi connectivity index (χ0) is 26.9. The Balaban J connectivity index is 1.44. The van der Waals surface area contributed by atoms with Crippen LogP contribution in [0.25, 0.3) is 6.08 Å². The van der Waals surface area contributed by atoms with E-state index >= 15 is 0 Å². The van der Waals surface area contributed by atoms with E-state index in [2.05, 4.69) is 34.2 Å². The number of fused-ring (bicyclic) bond motifs is 1. The summed E-state index contributed by atoms with van der Waals surface area (Å²) in [6.45, 7) is 7.05. The monoisotopic (exact) mass is 525 g/mol. The van der Waals surface area contributed by atoms with Crippen LogP contribution in [0.2, 0.25) is 0 Å². The molecule has 1 aromatic heterocycles. The predicted octanol–water partition coefficient (Wildman–Crippen LogP) is 4.42. The number of carbonyl (C=O) groups is 1. The van der Waals surface area contributed by atoms with E-state index in [0.29, 0.717) is 38.6 Å². The van der Waals surface area contributed by atoms with E-state index in [4.69, 9.17) is 9.84 Å². The summed E-state index contributed by atoms with van der Waals surface area (Å²) in [5.41, 5.74) is 4.54. The van der Waals surface area contributed by atoms with Crippen molar-refractivity contribution in [3.8, 4) is 0 Å². The second-order valence-corrected chi connectivity index (χ2v) is 11.2. The molecular formula is C30H47N5O3. The zero-order valence-electron chi connectivity index (χ0n) is 23.7. The van der Waals surface area contributed by atoms with E-state index < -0.39 is 0 Å². The van der Waals surface area contributed by atoms with Gasteiger partial charge in [0, 0.05) is 61.8 Å². The Morgan fingerprint density at radius 2 is 1.95 bits per heavy atom. The van der Waals surface area contributed by atoms with E-state index in [0.717, 1.165) is 60.3 Å². The number of nitrogens with one attached hydrogen (secondary N) is 2. The quantitative estimate of drug-likeness (QED) is 0.466. The fraction of sp³-hybridized carbons (Fsp3) is 0.700. The molecule has 8 nitrogen and oxygen atoms in total. The van der Waals surface area contributed by atoms with Crippen molar-refractivity contribution < 1.29 is 9.53 Å². The fourth-order valence-electron chi connectivity index (χ4n) is 6.16. The van der Waals surface area contributed by atoms with E-state index in [9.17, 15) is 9.59 Å². The first-order valence-corrected chi connectivity index (χ1v) is 14.8. The van der Waals surface area contributed by atoms with Crippen molar-refractivity contribution in [1.82, 2.24) is 15.2 Å². The molecule has 3 heterocycles. The van der Waals surface area contributed by atoms with Gasteiger partial charge in [0.25, 0.3) is 5.56 Å². The smallest absolute Gasteiger partial charge is 0.253 e. The molecule has 0 spiro atoms. The summed E-state index contributed by atoms with van der Waals surface area (Å²) in [5.74, 6) is 0.0246. The number of rotatable bonds is 9. The maximum atomic E-state index is 13.2. The second-order valence-electron chi connectivity index (χ2n) is 11.2. The number of carbonyl (C=O) groups excluding carboxylic acids is 1. The first kappa shape index (κ1) is 28.6. The van der Waals surface area contributed by atoms with Crippen LogP contribution in [0.15, 0.2) is 15.5 Å². The molecule has 4 rings (SSSR count). The van der Waals surface area contributed by atoms with Crippen molar-refractivity contribution in [3.63, 3.8) is 0 Å². The van der Waals surface area contributed by atoms with Gasteiger partial charge in [0.05, 0.1) is 11.7 Å². The number of aromatic nitrogens is 1. The Morgan fingerprint density at radius 3 is 2.66 bits per heavy atom. The van der Waals surface area contributed by atoms with Gasteiger partial charge in [-0.25, -0.2) is 0 Å². The topological polar surface area (TPSA) is 90.0 Å². The number of hydrogen-bond donors (Lipinski definition) is 2. The number of hydrazone groups is 1. The van der Waals surface area contributed by atoms with Crippen molar-refractivity contribution >= 4 is 23.9 Å². The molecule has 0 unspecified atom stereocenters. The summed E-state index contributed by atoms with van der Waals surface area (Å²) in [4.78, 5) is 31.5. The maximum absolute atomic E-state index is 13.2. The van der Waals surface area contributed by atoms with Gasteiger partial charge in [0.2, 0.25) is 5.91 Å². The Bertz CT molecular complexity index is 1050. The molecule has 1 amide bonds. The number of ether oxygens (including phenoxy) is 1. The molecule has 2 N–H and O–H groups in total. The number of pyridine rings is 1. The molecule has 0 aromatic carbocycles. The maximum Gasteiger partial charge on any atom is 0.253 e. The molecule has 210 valence electrons. The predicted molar refractivity (Wildman–Crippen MR) is 155 cm³/mol. The summed E-state index contributed by atoms with van der Waals surface area (Å²) in [5, 5.41) is 9.99. The number of H-pyrrole nitrogens is 1. The van der Waals surface area contributed by atoms with Crippen LogP contribution in [0.5, 0.6) is 0 Å². The highest BCUT2D eigenvalue weighted by Crippen LogP contribution is 2.33. The minimum Gasteiger partial charge on any atom is -0.381 e. The van der Waals surface area contributed by atoms with Crippen LogP contribution in [0.1, 0.15) is 94.9 Å². The van der Waals surface area contributed by atoms with Crippen LogP contribution in [0.4, 0.5) is 5.69 Å². The normalized spacial score (nSPS) is 19.8. The second kappa shape index (κ2) is 14.1. The number of likely N-dealkylation sites (N-methyl/N-ethyl adjacent to an activating group) is 1. The number of hydrogen-bond acceptors (Lipinski definition) is 6. The lowest BCUT2D eigenvalue weighted by molar-refractivity contribution is -0.120. The third-order valence-electron chi connectivity index (χ3n) is 8.33. The van der Waals surface area contributed by atoms with Crippen molar-refractivity contribution in [1.29, 1.82) is 0 Å². The van der Waals surface area contributed by atoms with Gasteiger partial charge in [0.1, 0.15) is 0 Å². The van der Waals surface area contributed by atoms with Crippen LogP contribution in [-0.2, 0) is 22.4 Å². The number of anilines is 1. The number of aromatic amines is 1. The highest BCUT2D eigenvalue weighted by molar-refractivity contribution is 5.80. The Kier molecular flexibility index (Phi) is 10.6. The van der Waals surface area contributed by atoms with Crippen LogP contribution in [0.3, 0.4) is 0 Å². The van der Waals surface area contributed by atoms with Gasteiger partial charge < -0.3 is 19.9 Å². The molecule has 0 radical (unpaired) electrons. The standard InChI is InChI=1S/C30H47N5O3/c1-4-25-27(20-22(2)21-28(36)31-16-17-34(3)23-10-7-5-6-8-11-23)33-30(37)26-12-9-15-32-35(29(25)26)24-13-18-38-19-14-24/h15,20,23-24H,4-14,16-19,21H2,1-3H3,(H,31,36)(H,33,37)/b22-20-. The molecule has 1 saturated carbocycles. The minimum absolute atomic E-state index is 0.0246. The highest BCUT2D eigenvalue weighted by atomic mass is 16.5. The average Bonchev–Trinajstić information content (AvgIpc) is 3.31. The summed E-state index contributed by atoms with van der Waals surface area (Å²) < 4.78 is 5.58. The number of nitrogens with zero attached hydrogens (tertiary/aromatic N) is 3. The lowest BCUT2D eigenvalue weighted by Crippen LogP contribution is -2.38. The highest BCUT2D eigenvalue weighted by Gasteiger charge is 2.29. The van der Waals surface area contributed by atoms with Crippen molar-refractivity contribution in [2.75, 3.05) is 38.4 Å². The molecule has 0 bridgehead atoms. The van der Waals surface area contributed by atoms with E-state index in [1.165, 1.54) is 38.5 Å². The molecule has 3 aliphatic rings. The summed E-state index contributed by atoms with van der Waals surface area (Å²) in [7, 11) is 2.18. The van der Waals surface area contributed by atoms with Gasteiger partial charge in [-0.2, -0.15) is 5.10 Å². The average molecular weight is 526 g/mol. The van der Waals surface area contributed by atoms with Crippen molar-refractivity contribution in [2.24, 2.45) is 5.10 Å². The van der Waals surface area contributed by atoms with Crippen molar-refractivity contribution in [3.05, 3.63) is 32.7 Å². The van der Waals surface area contributed by atoms with Gasteiger partial charge in [-0.05, 0) is 65.0 Å². The van der Waals surface area contributed by atoms with Gasteiger partial charge in [-0.15, -0.1) is 0 Å². The first-order chi connectivity index (χ1) is 18.5. The summed E-state index contributed by atoms with van der Waals surface area (Å²) in [6, 6.07) is 0.863. The molecular weight excluding hydrogens is 478 g/mol. The Hall–Kier alpha value is -2.45. The zero-order valence-corrected chi connectivity index (χ0v) is 23.7. The molecule has 1 saturated heterocycles. The Morgan fingerprint density at radius 1 is 1.21 bits per heavy atom. The molecule has 1 aliphatic carbocycles. The van der Waals surface area contributed by atoms with E-state index in [1.54, 1.807) is 0 Å². The van der Waals surface area contributed by atoms with E-state index in [-0.39, 0.29) is 17.5 Å². The molecule has 2 fully saturated rings. The van der Waals surface area contributed by atoms with Crippen LogP contribution >= 0.6 is 0 Å². The minimum atomic E-state index is -0.0511. The van der Waals surface area contributed by atoms with Gasteiger partial charge in [-0.3, -0.25) is 14.6 Å². The van der Waals surface area contributed by atoms with Crippen LogP contribution < -0.4 is 15.9 Å². The molecule has 38 heavy (non-hydrogen) atoms. The summed E-state index contributed by atoms with van der Waals surface area (Å²) in [6.07, 6.45) is 16.1. The van der Waals surface area contributed by atoms with Gasteiger partial charge in [0.15, 0.2) is 0 Å². The first-order valence-electron chi connectivity index (χ1n) is 14.8. The lowest BCUT2D eigenvalue weighted by atomic mass is 9.98. The Labute approximate surface area is 227 Å². The molecule has 2 aliphatic heterocycles. The lowest BCUT2D eigenvalue weighted by Gasteiger charge is -2.34. The van der Waals surface area contributed by atoms with Crippen molar-refractivity contribution in [2.45, 2.75) is 103 Å².